The van der Waals surface area contributed by atoms with E-state index in [0.29, 0.717) is 6.61 Å². The number of piperidine rings is 1. The highest BCUT2D eigenvalue weighted by Gasteiger charge is 2.35. The Kier molecular flexibility index (Phi) is 3.05. The minimum Gasteiger partial charge on any atom is -0.491 e. The number of benzene rings is 1. The Morgan fingerprint density at radius 2 is 2.06 bits per heavy atom. The molecule has 0 aliphatic carbocycles. The maximum absolute atomic E-state index is 11.8. The van der Waals surface area contributed by atoms with Crippen molar-refractivity contribution in [2.24, 2.45) is 0 Å². The van der Waals surface area contributed by atoms with Gasteiger partial charge in [0.25, 0.3) is 5.91 Å². The molecule has 1 fully saturated rings. The first-order valence-corrected chi connectivity index (χ1v) is 6.53. The summed E-state index contributed by atoms with van der Waals surface area (Å²) in [7, 11) is 0. The molecule has 1 aromatic carbocycles. The second-order valence-corrected chi connectivity index (χ2v) is 4.86. The lowest BCUT2D eigenvalue weighted by Crippen LogP contribution is -2.39. The van der Waals surface area contributed by atoms with Crippen molar-refractivity contribution in [3.8, 4) is 0 Å². The zero-order valence-electron chi connectivity index (χ0n) is 10.3. The number of ether oxygens (including phenoxy) is 1. The summed E-state index contributed by atoms with van der Waals surface area (Å²) in [6.45, 7) is 1.42. The molecule has 0 bridgehead atoms. The Bertz CT molecular complexity index is 467. The van der Waals surface area contributed by atoms with Gasteiger partial charge in [0, 0.05) is 12.6 Å². The Balaban J connectivity index is 1.66. The van der Waals surface area contributed by atoms with Crippen molar-refractivity contribution in [3.05, 3.63) is 47.7 Å². The second-order valence-electron chi connectivity index (χ2n) is 4.86. The van der Waals surface area contributed by atoms with Gasteiger partial charge in [-0.1, -0.05) is 30.3 Å². The van der Waals surface area contributed by atoms with E-state index in [4.69, 9.17) is 4.74 Å². The van der Waals surface area contributed by atoms with Gasteiger partial charge in [0.2, 0.25) is 0 Å². The third-order valence-electron chi connectivity index (χ3n) is 3.63. The monoisotopic (exact) mass is 243 g/mol. The summed E-state index contributed by atoms with van der Waals surface area (Å²) in [5, 5.41) is 0. The van der Waals surface area contributed by atoms with Crippen LogP contribution < -0.4 is 0 Å². The molecule has 2 aliphatic heterocycles. The lowest BCUT2D eigenvalue weighted by Gasteiger charge is -2.31. The van der Waals surface area contributed by atoms with Crippen LogP contribution in [0.25, 0.3) is 0 Å². The molecule has 3 rings (SSSR count). The van der Waals surface area contributed by atoms with Crippen molar-refractivity contribution in [2.45, 2.75) is 31.9 Å². The number of hydrogen-bond acceptors (Lipinski definition) is 2. The predicted octanol–water partition coefficient (Wildman–Crippen LogP) is 2.48. The maximum Gasteiger partial charge on any atom is 0.250 e. The van der Waals surface area contributed by atoms with Gasteiger partial charge in [-0.3, -0.25) is 4.79 Å². The third kappa shape index (κ3) is 2.13. The Morgan fingerprint density at radius 1 is 1.22 bits per heavy atom. The van der Waals surface area contributed by atoms with Gasteiger partial charge >= 0.3 is 0 Å². The summed E-state index contributed by atoms with van der Waals surface area (Å²) in [6.07, 6.45) is 4.99. The molecule has 0 radical (unpaired) electrons. The number of carbonyl (C=O) groups is 1. The number of nitrogens with zero attached hydrogens (tertiary/aromatic N) is 1. The average molecular weight is 243 g/mol. The molecule has 2 aliphatic rings. The van der Waals surface area contributed by atoms with E-state index in [2.05, 4.69) is 0 Å². The van der Waals surface area contributed by atoms with E-state index in [0.717, 1.165) is 30.7 Å². The molecule has 18 heavy (non-hydrogen) atoms. The normalized spacial score (nSPS) is 22.7. The molecular formula is C15H17NO2. The van der Waals surface area contributed by atoms with E-state index >= 15 is 0 Å². The highest BCUT2D eigenvalue weighted by Crippen LogP contribution is 2.29. The van der Waals surface area contributed by atoms with Gasteiger partial charge in [-0.15, -0.1) is 0 Å². The fraction of sp³-hybridized carbons (Fsp3) is 0.400. The molecule has 94 valence electrons. The smallest absolute Gasteiger partial charge is 0.250 e. The molecule has 1 atom stereocenters. The molecule has 3 heteroatoms. The van der Waals surface area contributed by atoms with Gasteiger partial charge in [-0.05, 0) is 24.8 Å². The van der Waals surface area contributed by atoms with Crippen molar-refractivity contribution < 1.29 is 9.53 Å². The largest absolute Gasteiger partial charge is 0.491 e. The van der Waals surface area contributed by atoms with Crippen LogP contribution in [0.2, 0.25) is 0 Å². The molecule has 0 aromatic heterocycles. The highest BCUT2D eigenvalue weighted by molar-refractivity contribution is 5.91. The molecule has 0 saturated carbocycles. The van der Waals surface area contributed by atoms with E-state index in [1.165, 1.54) is 6.42 Å². The molecule has 2 heterocycles. The first-order valence-electron chi connectivity index (χ1n) is 6.53. The summed E-state index contributed by atoms with van der Waals surface area (Å²) in [5.41, 5.74) is 1.14. The van der Waals surface area contributed by atoms with Crippen LogP contribution in [-0.2, 0) is 16.1 Å². The lowest BCUT2D eigenvalue weighted by molar-refractivity contribution is -0.127. The van der Waals surface area contributed by atoms with Crippen LogP contribution in [0, 0.1) is 0 Å². The van der Waals surface area contributed by atoms with Crippen molar-refractivity contribution in [3.63, 3.8) is 0 Å². The number of amides is 1. The highest BCUT2D eigenvalue weighted by atomic mass is 16.5. The number of carbonyl (C=O) groups excluding carboxylic acids is 1. The molecular weight excluding hydrogens is 226 g/mol. The van der Waals surface area contributed by atoms with Crippen LogP contribution in [-0.4, -0.2) is 23.4 Å². The second kappa shape index (κ2) is 4.84. The zero-order valence-corrected chi connectivity index (χ0v) is 10.3. The SMILES string of the molecule is O=C1C=C(OCc2ccccc2)[C@H]2CCCCN12. The number of hydrogen-bond donors (Lipinski definition) is 0. The minimum absolute atomic E-state index is 0.114. The average Bonchev–Trinajstić information content (AvgIpc) is 2.75. The molecule has 0 N–H and O–H groups in total. The van der Waals surface area contributed by atoms with Crippen LogP contribution in [0.5, 0.6) is 0 Å². The fourth-order valence-electron chi connectivity index (χ4n) is 2.67. The topological polar surface area (TPSA) is 29.5 Å². The van der Waals surface area contributed by atoms with Crippen LogP contribution in [0.4, 0.5) is 0 Å². The molecule has 0 spiro atoms. The standard InChI is InChI=1S/C15H17NO2/c17-15-10-14(13-8-4-5-9-16(13)15)18-11-12-6-2-1-3-7-12/h1-3,6-7,10,13H,4-5,8-9,11H2/t13-/m1/s1. The van der Waals surface area contributed by atoms with Crippen molar-refractivity contribution in [2.75, 3.05) is 6.54 Å². The number of fused-ring (bicyclic) bond motifs is 1. The number of rotatable bonds is 3. The molecule has 1 aromatic rings. The van der Waals surface area contributed by atoms with E-state index in [9.17, 15) is 4.79 Å². The molecule has 1 saturated heterocycles. The maximum atomic E-state index is 11.8. The van der Waals surface area contributed by atoms with Crippen molar-refractivity contribution >= 4 is 5.91 Å². The van der Waals surface area contributed by atoms with Gasteiger partial charge in [0.15, 0.2) is 0 Å². The van der Waals surface area contributed by atoms with Crippen LogP contribution in [0.1, 0.15) is 24.8 Å². The van der Waals surface area contributed by atoms with E-state index < -0.39 is 0 Å². The molecule has 1 amide bonds. The Morgan fingerprint density at radius 3 is 2.89 bits per heavy atom. The van der Waals surface area contributed by atoms with E-state index in [1.54, 1.807) is 6.08 Å². The van der Waals surface area contributed by atoms with E-state index in [1.807, 2.05) is 35.2 Å². The lowest BCUT2D eigenvalue weighted by atomic mass is 10.0. The minimum atomic E-state index is 0.114. The van der Waals surface area contributed by atoms with E-state index in [-0.39, 0.29) is 11.9 Å². The van der Waals surface area contributed by atoms with Crippen LogP contribution in [0.15, 0.2) is 42.2 Å². The predicted molar refractivity (Wildman–Crippen MR) is 68.7 cm³/mol. The van der Waals surface area contributed by atoms with Gasteiger partial charge in [0.1, 0.15) is 12.4 Å². The first-order chi connectivity index (χ1) is 8.84. The Hall–Kier alpha value is -1.77. The van der Waals surface area contributed by atoms with Gasteiger partial charge < -0.3 is 9.64 Å². The third-order valence-corrected chi connectivity index (χ3v) is 3.63. The van der Waals surface area contributed by atoms with Crippen LogP contribution >= 0.6 is 0 Å². The first kappa shape index (κ1) is 11.3. The molecule has 0 unspecified atom stereocenters. The summed E-state index contributed by atoms with van der Waals surface area (Å²) >= 11 is 0. The van der Waals surface area contributed by atoms with Gasteiger partial charge in [0.05, 0.1) is 6.04 Å². The van der Waals surface area contributed by atoms with Gasteiger partial charge in [-0.25, -0.2) is 0 Å². The van der Waals surface area contributed by atoms with Gasteiger partial charge in [-0.2, -0.15) is 0 Å². The van der Waals surface area contributed by atoms with Crippen LogP contribution in [0.3, 0.4) is 0 Å². The van der Waals surface area contributed by atoms with Crippen molar-refractivity contribution in [1.82, 2.24) is 4.90 Å². The van der Waals surface area contributed by atoms with Crippen molar-refractivity contribution in [1.29, 1.82) is 0 Å². The Labute approximate surface area is 107 Å². The molecule has 3 nitrogen and oxygen atoms in total. The summed E-state index contributed by atoms with van der Waals surface area (Å²) in [4.78, 5) is 13.7. The fourth-order valence-corrected chi connectivity index (χ4v) is 2.67. The zero-order chi connectivity index (χ0) is 12.4. The summed E-state index contributed by atoms with van der Waals surface area (Å²) < 4.78 is 5.83. The summed E-state index contributed by atoms with van der Waals surface area (Å²) in [6, 6.07) is 10.3. The quantitative estimate of drug-likeness (QED) is 0.816. The summed E-state index contributed by atoms with van der Waals surface area (Å²) in [5.74, 6) is 0.964.